The third-order valence-corrected chi connectivity index (χ3v) is 3.73. The van der Waals surface area contributed by atoms with Gasteiger partial charge in [0.1, 0.15) is 11.4 Å². The summed E-state index contributed by atoms with van der Waals surface area (Å²) in [6.45, 7) is 6.84. The van der Waals surface area contributed by atoms with Gasteiger partial charge in [-0.05, 0) is 51.1 Å². The van der Waals surface area contributed by atoms with Crippen LogP contribution in [0.2, 0.25) is 5.02 Å². The molecule has 3 aromatic rings. The highest BCUT2D eigenvalue weighted by Gasteiger charge is 2.14. The van der Waals surface area contributed by atoms with Crippen LogP contribution >= 0.6 is 11.6 Å². The van der Waals surface area contributed by atoms with Crippen molar-refractivity contribution < 1.29 is 4.74 Å². The Labute approximate surface area is 151 Å². The number of aromatic nitrogens is 4. The van der Waals surface area contributed by atoms with E-state index in [0.717, 1.165) is 11.4 Å². The van der Waals surface area contributed by atoms with Gasteiger partial charge in [0.2, 0.25) is 5.88 Å². The van der Waals surface area contributed by atoms with Crippen LogP contribution in [0.15, 0.2) is 48.8 Å². The monoisotopic (exact) mass is 357 g/mol. The minimum absolute atomic E-state index is 0.0759. The standard InChI is InChI=1S/C18H20ClN5O/c1-18(2,3)24-12-15(22-23-24)11-20-14-6-9-17(21-10-14)25-16-7-4-13(19)5-8-16/h4-10,12,20H,11H2,1-3H3. The zero-order chi connectivity index (χ0) is 17.9. The van der Waals surface area contributed by atoms with Gasteiger partial charge >= 0.3 is 0 Å². The van der Waals surface area contributed by atoms with Crippen LogP contribution in [-0.2, 0) is 12.1 Å². The zero-order valence-electron chi connectivity index (χ0n) is 14.4. The minimum atomic E-state index is -0.0759. The molecule has 25 heavy (non-hydrogen) atoms. The Hall–Kier alpha value is -2.60. The second-order valence-corrected chi connectivity index (χ2v) is 7.06. The first-order valence-electron chi connectivity index (χ1n) is 7.95. The minimum Gasteiger partial charge on any atom is -0.439 e. The fourth-order valence-electron chi connectivity index (χ4n) is 2.07. The van der Waals surface area contributed by atoms with E-state index >= 15 is 0 Å². The second-order valence-electron chi connectivity index (χ2n) is 6.62. The lowest BCUT2D eigenvalue weighted by Crippen LogP contribution is -2.22. The van der Waals surface area contributed by atoms with E-state index in [4.69, 9.17) is 16.3 Å². The number of halogens is 1. The van der Waals surface area contributed by atoms with Gasteiger partial charge in [0.25, 0.3) is 0 Å². The molecule has 7 heteroatoms. The van der Waals surface area contributed by atoms with Gasteiger partial charge in [-0.15, -0.1) is 5.10 Å². The molecule has 0 atom stereocenters. The molecule has 0 aliphatic heterocycles. The molecule has 6 nitrogen and oxygen atoms in total. The Balaban J connectivity index is 1.57. The molecule has 0 radical (unpaired) electrons. The van der Waals surface area contributed by atoms with Gasteiger partial charge in [-0.3, -0.25) is 0 Å². The molecule has 0 aliphatic carbocycles. The van der Waals surface area contributed by atoms with Crippen molar-refractivity contribution in [2.75, 3.05) is 5.32 Å². The molecule has 2 heterocycles. The van der Waals surface area contributed by atoms with Crippen LogP contribution in [0.4, 0.5) is 5.69 Å². The van der Waals surface area contributed by atoms with Gasteiger partial charge in [0.15, 0.2) is 0 Å². The fraction of sp³-hybridized carbons (Fsp3) is 0.278. The molecule has 130 valence electrons. The highest BCUT2D eigenvalue weighted by atomic mass is 35.5. The molecule has 0 spiro atoms. The van der Waals surface area contributed by atoms with Crippen LogP contribution in [0.5, 0.6) is 11.6 Å². The Morgan fingerprint density at radius 1 is 1.12 bits per heavy atom. The van der Waals surface area contributed by atoms with Crippen molar-refractivity contribution in [3.63, 3.8) is 0 Å². The first-order valence-corrected chi connectivity index (χ1v) is 8.33. The van der Waals surface area contributed by atoms with Crippen molar-refractivity contribution in [1.82, 2.24) is 20.0 Å². The number of ether oxygens (including phenoxy) is 1. The third-order valence-electron chi connectivity index (χ3n) is 3.47. The summed E-state index contributed by atoms with van der Waals surface area (Å²) in [5, 5.41) is 12.3. The predicted octanol–water partition coefficient (Wildman–Crippen LogP) is 4.49. The maximum Gasteiger partial charge on any atom is 0.219 e. The molecule has 2 aromatic heterocycles. The van der Waals surface area contributed by atoms with Gasteiger partial charge in [-0.1, -0.05) is 16.8 Å². The maximum atomic E-state index is 5.86. The van der Waals surface area contributed by atoms with Crippen molar-refractivity contribution >= 4 is 17.3 Å². The number of benzene rings is 1. The second kappa shape index (κ2) is 7.11. The Kier molecular flexibility index (Phi) is 4.90. The molecular weight excluding hydrogens is 338 g/mol. The van der Waals surface area contributed by atoms with Crippen molar-refractivity contribution in [3.8, 4) is 11.6 Å². The highest BCUT2D eigenvalue weighted by Crippen LogP contribution is 2.22. The Morgan fingerprint density at radius 3 is 2.48 bits per heavy atom. The van der Waals surface area contributed by atoms with E-state index < -0.39 is 0 Å². The summed E-state index contributed by atoms with van der Waals surface area (Å²) in [6, 6.07) is 10.9. The van der Waals surface area contributed by atoms with Crippen molar-refractivity contribution in [2.45, 2.75) is 32.9 Å². The van der Waals surface area contributed by atoms with E-state index in [0.29, 0.717) is 23.2 Å². The van der Waals surface area contributed by atoms with Gasteiger partial charge in [-0.2, -0.15) is 0 Å². The lowest BCUT2D eigenvalue weighted by Gasteiger charge is -2.17. The van der Waals surface area contributed by atoms with E-state index in [1.807, 2.05) is 23.0 Å². The number of hydrogen-bond donors (Lipinski definition) is 1. The first kappa shape index (κ1) is 17.2. The predicted molar refractivity (Wildman–Crippen MR) is 98.1 cm³/mol. The summed E-state index contributed by atoms with van der Waals surface area (Å²) in [5.41, 5.74) is 1.68. The molecule has 1 aromatic carbocycles. The summed E-state index contributed by atoms with van der Waals surface area (Å²) in [6.07, 6.45) is 3.66. The summed E-state index contributed by atoms with van der Waals surface area (Å²) in [7, 11) is 0. The summed E-state index contributed by atoms with van der Waals surface area (Å²) in [4.78, 5) is 4.29. The first-order chi connectivity index (χ1) is 11.9. The molecule has 1 N–H and O–H groups in total. The highest BCUT2D eigenvalue weighted by molar-refractivity contribution is 6.30. The molecule has 0 fully saturated rings. The number of rotatable bonds is 5. The lowest BCUT2D eigenvalue weighted by molar-refractivity contribution is 0.347. The van der Waals surface area contributed by atoms with Crippen LogP contribution in [-0.4, -0.2) is 20.0 Å². The molecule has 0 amide bonds. The molecule has 0 saturated heterocycles. The van der Waals surface area contributed by atoms with E-state index in [9.17, 15) is 0 Å². The third kappa shape index (κ3) is 4.70. The smallest absolute Gasteiger partial charge is 0.219 e. The summed E-state index contributed by atoms with van der Waals surface area (Å²) >= 11 is 5.86. The molecule has 3 rings (SSSR count). The van der Waals surface area contributed by atoms with E-state index in [2.05, 4.69) is 41.4 Å². The van der Waals surface area contributed by atoms with Gasteiger partial charge < -0.3 is 10.1 Å². The normalized spacial score (nSPS) is 11.4. The van der Waals surface area contributed by atoms with Crippen LogP contribution in [0.3, 0.4) is 0 Å². The molecule has 0 unspecified atom stereocenters. The van der Waals surface area contributed by atoms with Crippen LogP contribution in [0.1, 0.15) is 26.5 Å². The van der Waals surface area contributed by atoms with Crippen LogP contribution < -0.4 is 10.1 Å². The largest absolute Gasteiger partial charge is 0.439 e. The maximum absolute atomic E-state index is 5.86. The van der Waals surface area contributed by atoms with Gasteiger partial charge in [-0.25, -0.2) is 9.67 Å². The number of nitrogens with one attached hydrogen (secondary N) is 1. The molecule has 0 saturated carbocycles. The topological polar surface area (TPSA) is 64.9 Å². The molecule has 0 aliphatic rings. The summed E-state index contributed by atoms with van der Waals surface area (Å²) in [5.74, 6) is 1.21. The fourth-order valence-corrected chi connectivity index (χ4v) is 2.19. The number of anilines is 1. The molecule has 0 bridgehead atoms. The van der Waals surface area contributed by atoms with E-state index in [1.54, 1.807) is 30.5 Å². The average Bonchev–Trinajstić information content (AvgIpc) is 3.06. The SMILES string of the molecule is CC(C)(C)n1cc(CNc2ccc(Oc3ccc(Cl)cc3)nc2)nn1. The average molecular weight is 358 g/mol. The Bertz CT molecular complexity index is 822. The zero-order valence-corrected chi connectivity index (χ0v) is 15.2. The molecular formula is C18H20ClN5O. The van der Waals surface area contributed by atoms with Crippen LogP contribution in [0, 0.1) is 0 Å². The van der Waals surface area contributed by atoms with Crippen LogP contribution in [0.25, 0.3) is 0 Å². The van der Waals surface area contributed by atoms with Crippen molar-refractivity contribution in [2.24, 2.45) is 0 Å². The number of pyridine rings is 1. The number of nitrogens with zero attached hydrogens (tertiary/aromatic N) is 4. The Morgan fingerprint density at radius 2 is 1.88 bits per heavy atom. The van der Waals surface area contributed by atoms with E-state index in [1.165, 1.54) is 0 Å². The van der Waals surface area contributed by atoms with Gasteiger partial charge in [0.05, 0.1) is 30.2 Å². The quantitative estimate of drug-likeness (QED) is 0.729. The van der Waals surface area contributed by atoms with Crippen molar-refractivity contribution in [1.29, 1.82) is 0 Å². The lowest BCUT2D eigenvalue weighted by atomic mass is 10.1. The summed E-state index contributed by atoms with van der Waals surface area (Å²) < 4.78 is 7.52. The van der Waals surface area contributed by atoms with E-state index in [-0.39, 0.29) is 5.54 Å². The number of hydrogen-bond acceptors (Lipinski definition) is 5. The van der Waals surface area contributed by atoms with Gasteiger partial charge in [0, 0.05) is 11.1 Å². The van der Waals surface area contributed by atoms with Crippen molar-refractivity contribution in [3.05, 3.63) is 59.5 Å².